The number of hydrogen-bond acceptors (Lipinski definition) is 6. The number of likely N-dealkylation sites (tertiary alicyclic amines) is 1. The number of anilines is 1. The monoisotopic (exact) mass is 544 g/mol. The summed E-state index contributed by atoms with van der Waals surface area (Å²) in [5, 5.41) is 5.48. The summed E-state index contributed by atoms with van der Waals surface area (Å²) in [6.07, 6.45) is 6.52. The van der Waals surface area contributed by atoms with Gasteiger partial charge in [-0.05, 0) is 97.5 Å². The van der Waals surface area contributed by atoms with Crippen LogP contribution in [0.3, 0.4) is 0 Å². The van der Waals surface area contributed by atoms with E-state index >= 15 is 0 Å². The van der Waals surface area contributed by atoms with Gasteiger partial charge in [0.25, 0.3) is 0 Å². The van der Waals surface area contributed by atoms with Crippen molar-refractivity contribution in [1.82, 2.24) is 4.90 Å². The minimum Gasteiger partial charge on any atom is -0.497 e. The molecule has 4 aromatic carbocycles. The molecule has 0 spiro atoms. The predicted molar refractivity (Wildman–Crippen MR) is 159 cm³/mol. The van der Waals surface area contributed by atoms with E-state index in [0.29, 0.717) is 5.75 Å². The number of rotatable bonds is 9. The van der Waals surface area contributed by atoms with Gasteiger partial charge in [-0.3, -0.25) is 0 Å². The molecule has 1 saturated heterocycles. The second kappa shape index (κ2) is 12.1. The molecule has 0 radical (unpaired) electrons. The Morgan fingerprint density at radius 3 is 2.18 bits per heavy atom. The van der Waals surface area contributed by atoms with Gasteiger partial charge in [0.05, 0.1) is 12.0 Å². The Morgan fingerprint density at radius 2 is 1.51 bits per heavy atom. The zero-order valence-electron chi connectivity index (χ0n) is 22.7. The average Bonchev–Trinajstić information content (AvgIpc) is 3.22. The first kappa shape index (κ1) is 27.0. The lowest BCUT2D eigenvalue weighted by molar-refractivity contribution is 0.296. The van der Waals surface area contributed by atoms with Crippen molar-refractivity contribution in [3.8, 4) is 28.4 Å². The van der Waals surface area contributed by atoms with E-state index in [-0.39, 0.29) is 4.90 Å². The molecule has 39 heavy (non-hydrogen) atoms. The van der Waals surface area contributed by atoms with Crippen LogP contribution in [-0.2, 0) is 9.84 Å². The molecule has 0 aliphatic carbocycles. The largest absolute Gasteiger partial charge is 0.497 e. The Kier molecular flexibility index (Phi) is 8.38. The summed E-state index contributed by atoms with van der Waals surface area (Å²) < 4.78 is 35.9. The molecule has 0 aromatic heterocycles. The van der Waals surface area contributed by atoms with Crippen LogP contribution in [0.2, 0.25) is 0 Å². The van der Waals surface area contributed by atoms with Gasteiger partial charge in [-0.25, -0.2) is 8.42 Å². The SMILES string of the molecule is COc1ccc2c(Oc3ccc(NCCN4CCCCCC4)cc3)c(-c3ccc(S(C)(=O)=O)cc3)ccc2c1. The van der Waals surface area contributed by atoms with E-state index in [9.17, 15) is 8.42 Å². The van der Waals surface area contributed by atoms with Crippen molar-refractivity contribution in [2.45, 2.75) is 30.6 Å². The minimum atomic E-state index is -3.28. The smallest absolute Gasteiger partial charge is 0.175 e. The number of benzene rings is 4. The molecule has 0 amide bonds. The number of ether oxygens (including phenoxy) is 2. The molecule has 4 aromatic rings. The highest BCUT2D eigenvalue weighted by Crippen LogP contribution is 2.41. The molecule has 1 N–H and O–H groups in total. The molecule has 5 rings (SSSR count). The van der Waals surface area contributed by atoms with Crippen LogP contribution in [0, 0.1) is 0 Å². The summed E-state index contributed by atoms with van der Waals surface area (Å²) in [4.78, 5) is 2.84. The van der Waals surface area contributed by atoms with Gasteiger partial charge in [-0.1, -0.05) is 31.0 Å². The van der Waals surface area contributed by atoms with Crippen LogP contribution >= 0.6 is 0 Å². The van der Waals surface area contributed by atoms with E-state index in [1.165, 1.54) is 45.0 Å². The lowest BCUT2D eigenvalue weighted by Gasteiger charge is -2.20. The topological polar surface area (TPSA) is 67.9 Å². The minimum absolute atomic E-state index is 0.290. The Bertz CT molecular complexity index is 1510. The summed E-state index contributed by atoms with van der Waals surface area (Å²) in [6.45, 7) is 4.37. The molecule has 7 heteroatoms. The third-order valence-electron chi connectivity index (χ3n) is 7.30. The molecule has 0 bridgehead atoms. The molecule has 0 unspecified atom stereocenters. The van der Waals surface area contributed by atoms with Crippen LogP contribution in [0.1, 0.15) is 25.7 Å². The van der Waals surface area contributed by atoms with Crippen molar-refractivity contribution >= 4 is 26.3 Å². The third-order valence-corrected chi connectivity index (χ3v) is 8.43. The van der Waals surface area contributed by atoms with Crippen molar-refractivity contribution in [1.29, 1.82) is 0 Å². The summed E-state index contributed by atoms with van der Waals surface area (Å²) in [5.74, 6) is 2.21. The van der Waals surface area contributed by atoms with Crippen LogP contribution in [0.15, 0.2) is 83.8 Å². The van der Waals surface area contributed by atoms with Crippen LogP contribution in [0.25, 0.3) is 21.9 Å². The van der Waals surface area contributed by atoms with E-state index in [0.717, 1.165) is 52.2 Å². The molecule has 1 aliphatic rings. The van der Waals surface area contributed by atoms with Crippen molar-refractivity contribution in [3.05, 3.63) is 78.9 Å². The first-order valence-electron chi connectivity index (χ1n) is 13.6. The Balaban J connectivity index is 1.38. The van der Waals surface area contributed by atoms with Crippen molar-refractivity contribution in [2.75, 3.05) is 44.9 Å². The number of sulfone groups is 1. The van der Waals surface area contributed by atoms with Gasteiger partial charge in [0, 0.05) is 36.0 Å². The summed E-state index contributed by atoms with van der Waals surface area (Å²) in [7, 11) is -1.62. The van der Waals surface area contributed by atoms with Gasteiger partial charge >= 0.3 is 0 Å². The lowest BCUT2D eigenvalue weighted by Crippen LogP contribution is -2.29. The summed E-state index contributed by atoms with van der Waals surface area (Å²) in [6, 6.07) is 24.9. The van der Waals surface area contributed by atoms with Crippen molar-refractivity contribution in [3.63, 3.8) is 0 Å². The number of fused-ring (bicyclic) bond motifs is 1. The van der Waals surface area contributed by atoms with Crippen molar-refractivity contribution in [2.24, 2.45) is 0 Å². The van der Waals surface area contributed by atoms with Crippen LogP contribution in [-0.4, -0.2) is 52.9 Å². The maximum atomic E-state index is 12.0. The van der Waals surface area contributed by atoms with E-state index in [1.807, 2.05) is 66.7 Å². The van der Waals surface area contributed by atoms with Gasteiger partial charge in [-0.15, -0.1) is 0 Å². The molecular formula is C32H36N2O4S. The molecule has 6 nitrogen and oxygen atoms in total. The molecule has 1 heterocycles. The Hall–Kier alpha value is -3.55. The van der Waals surface area contributed by atoms with E-state index in [2.05, 4.69) is 10.2 Å². The summed E-state index contributed by atoms with van der Waals surface area (Å²) >= 11 is 0. The van der Waals surface area contributed by atoms with Gasteiger partial charge in [0.2, 0.25) is 0 Å². The van der Waals surface area contributed by atoms with Gasteiger partial charge in [0.15, 0.2) is 9.84 Å². The fourth-order valence-electron chi connectivity index (χ4n) is 5.10. The molecule has 204 valence electrons. The predicted octanol–water partition coefficient (Wildman–Crippen LogP) is 7.00. The second-order valence-corrected chi connectivity index (χ2v) is 12.2. The molecular weight excluding hydrogens is 508 g/mol. The fourth-order valence-corrected chi connectivity index (χ4v) is 5.73. The van der Waals surface area contributed by atoms with Gasteiger partial charge in [0.1, 0.15) is 17.2 Å². The van der Waals surface area contributed by atoms with Crippen molar-refractivity contribution < 1.29 is 17.9 Å². The Labute approximate surface area is 231 Å². The lowest BCUT2D eigenvalue weighted by atomic mass is 9.99. The van der Waals surface area contributed by atoms with Crippen LogP contribution < -0.4 is 14.8 Å². The van der Waals surface area contributed by atoms with E-state index in [1.54, 1.807) is 19.2 Å². The quantitative estimate of drug-likeness (QED) is 0.245. The average molecular weight is 545 g/mol. The third kappa shape index (κ3) is 6.72. The van der Waals surface area contributed by atoms with Gasteiger partial charge in [-0.2, -0.15) is 0 Å². The van der Waals surface area contributed by atoms with E-state index in [4.69, 9.17) is 9.47 Å². The highest BCUT2D eigenvalue weighted by molar-refractivity contribution is 7.90. The first-order chi connectivity index (χ1) is 18.9. The highest BCUT2D eigenvalue weighted by atomic mass is 32.2. The summed E-state index contributed by atoms with van der Waals surface area (Å²) in [5.41, 5.74) is 2.82. The maximum Gasteiger partial charge on any atom is 0.175 e. The second-order valence-electron chi connectivity index (χ2n) is 10.1. The first-order valence-corrected chi connectivity index (χ1v) is 15.5. The fraction of sp³-hybridized carbons (Fsp3) is 0.312. The highest BCUT2D eigenvalue weighted by Gasteiger charge is 2.15. The zero-order chi connectivity index (χ0) is 27.2. The molecule has 1 fully saturated rings. The van der Waals surface area contributed by atoms with E-state index < -0.39 is 9.84 Å². The standard InChI is InChI=1S/C32H36N2O4S/c1-37-28-14-18-31-25(23-28)9-17-30(24-7-15-29(16-8-24)39(2,35)36)32(31)38-27-12-10-26(11-13-27)33-19-22-34-20-5-3-4-6-21-34/h7-18,23,33H,3-6,19-22H2,1-2H3. The number of methoxy groups -OCH3 is 1. The zero-order valence-corrected chi connectivity index (χ0v) is 23.5. The normalized spacial score (nSPS) is 14.6. The number of nitrogens with one attached hydrogen (secondary N) is 1. The van der Waals surface area contributed by atoms with Crippen LogP contribution in [0.5, 0.6) is 17.2 Å². The van der Waals surface area contributed by atoms with Crippen LogP contribution in [0.4, 0.5) is 5.69 Å². The maximum absolute atomic E-state index is 12.0. The molecule has 0 saturated carbocycles. The number of nitrogens with zero attached hydrogens (tertiary/aromatic N) is 1. The van der Waals surface area contributed by atoms with Gasteiger partial charge < -0.3 is 19.7 Å². The Morgan fingerprint density at radius 1 is 0.821 bits per heavy atom. The molecule has 1 aliphatic heterocycles. The number of hydrogen-bond donors (Lipinski definition) is 1. The molecule has 0 atom stereocenters.